The fourth-order valence-electron chi connectivity index (χ4n) is 10.9. The van der Waals surface area contributed by atoms with E-state index in [0.29, 0.717) is 70.9 Å². The van der Waals surface area contributed by atoms with Gasteiger partial charge in [0, 0.05) is 65.8 Å². The molecule has 1 aromatic rings. The minimum atomic E-state index is -3.91. The fourth-order valence-corrected chi connectivity index (χ4v) is 11.5. The van der Waals surface area contributed by atoms with Crippen molar-refractivity contribution in [2.75, 3.05) is 104 Å². The lowest BCUT2D eigenvalue weighted by atomic mass is 9.96. The van der Waals surface area contributed by atoms with Crippen molar-refractivity contribution in [3.8, 4) is 0 Å². The molecule has 6 aliphatic heterocycles. The number of anilines is 1. The maximum Gasteiger partial charge on any atom is 1.15 e. The Labute approximate surface area is 467 Å². The smallest absolute Gasteiger partial charge is 0.558 e. The van der Waals surface area contributed by atoms with Crippen molar-refractivity contribution in [3.63, 3.8) is 0 Å². The minimum Gasteiger partial charge on any atom is -0.558 e. The van der Waals surface area contributed by atoms with E-state index < -0.39 is 142 Å². The van der Waals surface area contributed by atoms with Crippen LogP contribution >= 0.6 is 0 Å². The van der Waals surface area contributed by atoms with Gasteiger partial charge in [0.2, 0.25) is 47.6 Å². The standard InChI is InChI=1S/C51H75N11O16.Al.FH/c1-4-30(2)45(49(75)55-35-9-8-32-6-5-7-33-22-37(62(46(32)33)50(35)76)48(74)56-36-23-44(72)78-51(36)77-3)57-39(64)25-52-38(63)24-53-47(73)34(10-11-41(66)67)54-40(65)27-58-14-12-31(13-15-58)26-59-16-18-60(28-42(68)69)20-21-61(19-17-59)29-43(70)71;;/h5-7,30-31,34-37,45,51H,4,8-29H2,1-3H3,(H,52,63)(H,53,73)(H,54,65)(H,55,75)(H,56,74)(H,57,64)(H,66,67)(H,68,69)(H,70,71);;1H/q;+3;/p-3/t30-,34-,35-,36?,37-,45-,51?;;/m0../s1. The first-order valence-electron chi connectivity index (χ1n) is 27.3. The summed E-state index contributed by atoms with van der Waals surface area (Å²) in [5, 5.41) is 25.0. The van der Waals surface area contributed by atoms with E-state index in [4.69, 9.17) is 17.1 Å². The zero-order valence-corrected chi connectivity index (χ0v) is 46.5. The number of carboxylic acids is 1. The second kappa shape index (κ2) is 28.9. The Balaban J connectivity index is 0.852. The highest BCUT2D eigenvalue weighted by atomic mass is 27.3. The lowest BCUT2D eigenvalue weighted by Crippen LogP contribution is -2.59. The number of rotatable bonds is 21. The zero-order chi connectivity index (χ0) is 57.6. The molecule has 6 aliphatic rings. The van der Waals surface area contributed by atoms with E-state index in [9.17, 15) is 61.4 Å². The number of aliphatic carboxylic acids is 1. The zero-order valence-electron chi connectivity index (χ0n) is 45.4. The number of piperidine rings is 1. The molecular formula is C51H73AlFN11O16. The molecule has 9 atom stereocenters. The fraction of sp³-hybridized carbons (Fsp3) is 0.667. The third kappa shape index (κ3) is 17.1. The van der Waals surface area contributed by atoms with E-state index in [1.165, 1.54) is 12.0 Å². The van der Waals surface area contributed by atoms with Crippen LogP contribution < -0.4 is 36.8 Å². The highest BCUT2D eigenvalue weighted by molar-refractivity contribution is 6.41. The number of carboxylic acid groups (broad SMARTS) is 1. The summed E-state index contributed by atoms with van der Waals surface area (Å²) in [4.78, 5) is 153. The van der Waals surface area contributed by atoms with Crippen molar-refractivity contribution in [1.29, 1.82) is 0 Å². The number of carbonyl (C=O) groups is 11. The van der Waals surface area contributed by atoms with Crippen molar-refractivity contribution >= 4 is 86.2 Å². The monoisotopic (exact) mass is 1140 g/mol. The maximum absolute atomic E-state index is 14.4. The normalized spacial score (nSPS) is 25.1. The first kappa shape index (κ1) is 61.3. The van der Waals surface area contributed by atoms with Crippen LogP contribution in [0.1, 0.15) is 69.9 Å². The maximum atomic E-state index is 14.4. The average molecular weight is 1140 g/mol. The van der Waals surface area contributed by atoms with Gasteiger partial charge in [0.1, 0.15) is 30.2 Å². The van der Waals surface area contributed by atoms with Gasteiger partial charge in [-0.3, -0.25) is 72.3 Å². The number of nitrogens with one attached hydrogen (secondary N) is 6. The van der Waals surface area contributed by atoms with Gasteiger partial charge in [0.15, 0.2) is 0 Å². The molecule has 0 aromatic heterocycles. The Morgan fingerprint density at radius 2 is 1.43 bits per heavy atom. The number of likely N-dealkylation sites (tertiary alicyclic amines) is 1. The molecule has 4 saturated heterocycles. The van der Waals surface area contributed by atoms with E-state index in [-0.39, 0.29) is 51.2 Å². The largest absolute Gasteiger partial charge is 1.15 e. The number of nitrogens with zero attached hydrogens (tertiary/aromatic N) is 5. The first-order chi connectivity index (χ1) is 38.3. The molecule has 438 valence electrons. The Hall–Kier alpha value is -6.35. The third-order valence-corrected chi connectivity index (χ3v) is 16.4. The number of esters is 1. The average Bonchev–Trinajstić information content (AvgIpc) is 4.09. The van der Waals surface area contributed by atoms with Gasteiger partial charge in [-0.05, 0) is 68.2 Å². The third-order valence-electron chi connectivity index (χ3n) is 15.5. The number of hydrogen-bond donors (Lipinski definition) is 7. The van der Waals surface area contributed by atoms with Crippen molar-refractivity contribution in [2.24, 2.45) is 11.8 Å². The van der Waals surface area contributed by atoms with Gasteiger partial charge in [-0.2, -0.15) is 0 Å². The molecule has 6 heterocycles. The van der Waals surface area contributed by atoms with Crippen molar-refractivity contribution < 1.29 is 78.4 Å². The van der Waals surface area contributed by atoms with Gasteiger partial charge in [-0.15, -0.1) is 0 Å². The molecule has 4 unspecified atom stereocenters. The molecule has 0 aliphatic carbocycles. The number of fused-ring (bicyclic) bond motifs is 3. The Bertz CT molecular complexity index is 2460. The van der Waals surface area contributed by atoms with Crippen molar-refractivity contribution in [1.82, 2.24) is 51.5 Å². The summed E-state index contributed by atoms with van der Waals surface area (Å²) in [6.07, 6.45) is 0.856. The number of methoxy groups -OCH3 is 1. The van der Waals surface area contributed by atoms with Gasteiger partial charge in [0.25, 0.3) is 11.9 Å². The molecule has 0 spiro atoms. The van der Waals surface area contributed by atoms with E-state index >= 15 is 0 Å². The molecular weight excluding hydrogens is 1070 g/mol. The van der Waals surface area contributed by atoms with Crippen molar-refractivity contribution in [2.45, 2.75) is 108 Å². The lowest BCUT2D eigenvalue weighted by molar-refractivity contribution is -0.160. The number of benzene rings is 1. The molecule has 4 fully saturated rings. The number of cyclic esters (lactones) is 1. The number of carbonyl (C=O) groups excluding carboxylic acids is 10. The Morgan fingerprint density at radius 1 is 0.775 bits per heavy atom. The molecule has 1 aromatic carbocycles. The molecule has 7 N–H and O–H groups in total. The molecule has 7 amide bonds. The summed E-state index contributed by atoms with van der Waals surface area (Å²) in [5.41, 5.74) is 2.16. The number of ether oxygens (including phenoxy) is 2. The number of amides is 7. The highest BCUT2D eigenvalue weighted by Gasteiger charge is 2.47. The molecule has 7 rings (SSSR count). The van der Waals surface area contributed by atoms with Gasteiger partial charge >= 0.3 is 27.2 Å². The molecule has 2 bridgehead atoms. The molecule has 29 heteroatoms. The SMILES string of the molecule is CC[C@H](C)[C@H](NC(=O)CNC(=O)CNC(=O)[C@H](CCC(=O)O)NC(=O)CN1CCC(CN2CCN3CCN(CC2)CC(=O)[O][Al]([F])[O]C(=O)C3)CC1)C(=O)N[C@H]1CCc2cccc3c2N(C1=O)[C@H](C(=O)NC1CC(=O)OC1OC)C3. The van der Waals surface area contributed by atoms with Crippen LogP contribution in [0.3, 0.4) is 0 Å². The van der Waals surface area contributed by atoms with Crippen LogP contribution in [0.4, 0.5) is 9.21 Å². The quantitative estimate of drug-likeness (QED) is 0.0466. The summed E-state index contributed by atoms with van der Waals surface area (Å²) in [6.45, 7) is 7.18. The summed E-state index contributed by atoms with van der Waals surface area (Å²) in [5.74, 6) is -8.08. The molecule has 0 saturated carbocycles. The number of hydrogen-bond acceptors (Lipinski definition) is 19. The van der Waals surface area contributed by atoms with Crippen LogP contribution in [0, 0.1) is 11.8 Å². The Kier molecular flexibility index (Phi) is 22.1. The number of para-hydroxylation sites is 1. The summed E-state index contributed by atoms with van der Waals surface area (Å²) in [7, 11) is 1.34. The lowest BCUT2D eigenvalue weighted by Gasteiger charge is -2.35. The van der Waals surface area contributed by atoms with Crippen LogP contribution in [0.5, 0.6) is 0 Å². The summed E-state index contributed by atoms with van der Waals surface area (Å²) in [6, 6.07) is 0.189. The topological polar surface area (TPSA) is 333 Å². The van der Waals surface area contributed by atoms with E-state index in [1.807, 2.05) is 39.8 Å². The summed E-state index contributed by atoms with van der Waals surface area (Å²) < 4.78 is 33.9. The van der Waals surface area contributed by atoms with Crippen LogP contribution in [-0.4, -0.2) is 240 Å². The first-order valence-corrected chi connectivity index (χ1v) is 28.7. The Morgan fingerprint density at radius 3 is 2.08 bits per heavy atom. The van der Waals surface area contributed by atoms with Crippen LogP contribution in [0.2, 0.25) is 0 Å². The second-order valence-corrected chi connectivity index (χ2v) is 22.2. The molecule has 0 radical (unpaired) electrons. The van der Waals surface area contributed by atoms with E-state index in [2.05, 4.69) is 36.8 Å². The van der Waals surface area contributed by atoms with Crippen LogP contribution in [0.25, 0.3) is 0 Å². The second-order valence-electron chi connectivity index (χ2n) is 21.2. The number of halogens is 1. The summed E-state index contributed by atoms with van der Waals surface area (Å²) >= 11 is -3.91. The predicted octanol–water partition coefficient (Wildman–Crippen LogP) is -3.42. The van der Waals surface area contributed by atoms with E-state index in [0.717, 1.165) is 30.5 Å². The van der Waals surface area contributed by atoms with Gasteiger partial charge in [0.05, 0.1) is 44.8 Å². The van der Waals surface area contributed by atoms with Crippen LogP contribution in [0.15, 0.2) is 18.2 Å². The molecule has 80 heavy (non-hydrogen) atoms. The minimum absolute atomic E-state index is 0.0708. The van der Waals surface area contributed by atoms with Gasteiger partial charge < -0.3 is 62.5 Å². The van der Waals surface area contributed by atoms with Gasteiger partial charge in [-0.25, -0.2) is 0 Å². The van der Waals surface area contributed by atoms with E-state index in [1.54, 1.807) is 6.92 Å². The van der Waals surface area contributed by atoms with Crippen molar-refractivity contribution in [3.05, 3.63) is 29.3 Å². The van der Waals surface area contributed by atoms with Gasteiger partial charge in [-0.1, -0.05) is 38.5 Å². The van der Waals surface area contributed by atoms with Crippen LogP contribution in [-0.2, 0) is 82.6 Å². The number of aryl methyl sites for hydroxylation is 1. The highest BCUT2D eigenvalue weighted by Crippen LogP contribution is 2.39. The molecule has 27 nitrogen and oxygen atoms in total. The predicted molar refractivity (Wildman–Crippen MR) is 279 cm³/mol.